The van der Waals surface area contributed by atoms with E-state index in [1.807, 2.05) is 6.92 Å². The molecule has 1 amide bonds. The minimum Gasteiger partial charge on any atom is -0.352 e. The lowest BCUT2D eigenvalue weighted by Crippen LogP contribution is -2.38. The Labute approximate surface area is 127 Å². The van der Waals surface area contributed by atoms with Crippen molar-refractivity contribution in [3.8, 4) is 0 Å². The predicted molar refractivity (Wildman–Crippen MR) is 85.3 cm³/mol. The Morgan fingerprint density at radius 3 is 2.40 bits per heavy atom. The summed E-state index contributed by atoms with van der Waals surface area (Å²) in [7, 11) is 0. The number of carbonyl (C=O) groups excluding carboxylic acids is 1. The number of carbonyl (C=O) groups is 1. The minimum absolute atomic E-state index is 0. The first-order valence-electron chi connectivity index (χ1n) is 7.13. The van der Waals surface area contributed by atoms with Crippen LogP contribution in [-0.2, 0) is 4.79 Å². The van der Waals surface area contributed by atoms with E-state index >= 15 is 0 Å². The normalized spacial score (nSPS) is 22.1. The van der Waals surface area contributed by atoms with E-state index in [0.29, 0.717) is 18.4 Å². The second-order valence-corrected chi connectivity index (χ2v) is 5.92. The van der Waals surface area contributed by atoms with Crippen molar-refractivity contribution in [3.63, 3.8) is 0 Å². The smallest absolute Gasteiger partial charge is 0.224 e. The van der Waals surface area contributed by atoms with Crippen molar-refractivity contribution in [2.75, 3.05) is 6.54 Å². The van der Waals surface area contributed by atoms with Gasteiger partial charge < -0.3 is 11.1 Å². The van der Waals surface area contributed by atoms with E-state index in [1.165, 1.54) is 11.1 Å². The molecule has 1 aliphatic rings. The highest BCUT2D eigenvalue weighted by atomic mass is 35.5. The number of benzene rings is 1. The van der Waals surface area contributed by atoms with Gasteiger partial charge in [-0.05, 0) is 36.3 Å². The standard InChI is InChI=1S/C16H24N2O.ClH/c1-10(2)12-4-6-13(7-5-12)14-8-15(14)16(19)18-11(3)9-17;/h4-7,10-11,14-15H,8-9,17H2,1-3H3,(H,18,19);1H/t11-,14?,15?;/m0./s1. The molecule has 0 aromatic heterocycles. The molecule has 1 fully saturated rings. The van der Waals surface area contributed by atoms with Gasteiger partial charge in [0, 0.05) is 18.5 Å². The molecule has 1 aromatic rings. The van der Waals surface area contributed by atoms with Crippen LogP contribution in [0, 0.1) is 5.92 Å². The van der Waals surface area contributed by atoms with E-state index in [-0.39, 0.29) is 30.3 Å². The number of rotatable bonds is 5. The molecule has 1 aliphatic carbocycles. The van der Waals surface area contributed by atoms with Crippen molar-refractivity contribution in [1.29, 1.82) is 0 Å². The van der Waals surface area contributed by atoms with E-state index in [2.05, 4.69) is 43.4 Å². The molecule has 0 bridgehead atoms. The minimum atomic E-state index is 0. The summed E-state index contributed by atoms with van der Waals surface area (Å²) in [6.45, 7) is 6.81. The van der Waals surface area contributed by atoms with Gasteiger partial charge in [0.2, 0.25) is 5.91 Å². The Morgan fingerprint density at radius 2 is 1.90 bits per heavy atom. The molecule has 3 nitrogen and oxygen atoms in total. The van der Waals surface area contributed by atoms with Gasteiger partial charge in [-0.1, -0.05) is 38.1 Å². The summed E-state index contributed by atoms with van der Waals surface area (Å²) in [4.78, 5) is 12.0. The first-order chi connectivity index (χ1) is 9.02. The van der Waals surface area contributed by atoms with E-state index in [1.54, 1.807) is 0 Å². The molecule has 3 N–H and O–H groups in total. The number of nitrogens with two attached hydrogens (primary N) is 1. The van der Waals surface area contributed by atoms with Gasteiger partial charge >= 0.3 is 0 Å². The van der Waals surface area contributed by atoms with Crippen molar-refractivity contribution >= 4 is 18.3 Å². The van der Waals surface area contributed by atoms with Crippen LogP contribution in [0.3, 0.4) is 0 Å². The molecule has 0 radical (unpaired) electrons. The first-order valence-corrected chi connectivity index (χ1v) is 7.13. The predicted octanol–water partition coefficient (Wildman–Crippen LogP) is 2.80. The zero-order valence-electron chi connectivity index (χ0n) is 12.4. The molecule has 0 saturated heterocycles. The third kappa shape index (κ3) is 3.97. The Hall–Kier alpha value is -1.06. The van der Waals surface area contributed by atoms with Gasteiger partial charge in [0.05, 0.1) is 0 Å². The van der Waals surface area contributed by atoms with Crippen LogP contribution in [0.2, 0.25) is 0 Å². The highest BCUT2D eigenvalue weighted by Crippen LogP contribution is 2.47. The molecule has 1 saturated carbocycles. The van der Waals surface area contributed by atoms with Gasteiger partial charge in [-0.3, -0.25) is 4.79 Å². The lowest BCUT2D eigenvalue weighted by Gasteiger charge is -2.11. The summed E-state index contributed by atoms with van der Waals surface area (Å²) in [6.07, 6.45) is 0.962. The van der Waals surface area contributed by atoms with Crippen LogP contribution in [0.25, 0.3) is 0 Å². The molecule has 112 valence electrons. The van der Waals surface area contributed by atoms with E-state index < -0.39 is 0 Å². The molecule has 4 heteroatoms. The number of hydrogen-bond donors (Lipinski definition) is 2. The van der Waals surface area contributed by atoms with Gasteiger partial charge in [0.1, 0.15) is 0 Å². The summed E-state index contributed by atoms with van der Waals surface area (Å²) < 4.78 is 0. The van der Waals surface area contributed by atoms with Crippen LogP contribution >= 0.6 is 12.4 Å². The summed E-state index contributed by atoms with van der Waals surface area (Å²) in [5.41, 5.74) is 8.15. The fraction of sp³-hybridized carbons (Fsp3) is 0.562. The molecule has 20 heavy (non-hydrogen) atoms. The zero-order valence-corrected chi connectivity index (χ0v) is 13.2. The van der Waals surface area contributed by atoms with Crippen LogP contribution in [-0.4, -0.2) is 18.5 Å². The highest BCUT2D eigenvalue weighted by molar-refractivity contribution is 5.85. The molecule has 1 aromatic carbocycles. The second kappa shape index (κ2) is 7.09. The molecule has 0 spiro atoms. The van der Waals surface area contributed by atoms with Crippen molar-refractivity contribution in [1.82, 2.24) is 5.32 Å². The molecular formula is C16H25ClN2O. The quantitative estimate of drug-likeness (QED) is 0.878. The topological polar surface area (TPSA) is 55.1 Å². The molecule has 2 unspecified atom stereocenters. The number of nitrogens with one attached hydrogen (secondary N) is 1. The average Bonchev–Trinajstić information content (AvgIpc) is 3.19. The maximum absolute atomic E-state index is 12.0. The largest absolute Gasteiger partial charge is 0.352 e. The van der Waals surface area contributed by atoms with Gasteiger partial charge in [0.15, 0.2) is 0 Å². The molecule has 0 heterocycles. The Morgan fingerprint density at radius 1 is 1.30 bits per heavy atom. The average molecular weight is 297 g/mol. The molecule has 2 rings (SSSR count). The highest BCUT2D eigenvalue weighted by Gasteiger charge is 2.43. The summed E-state index contributed by atoms with van der Waals surface area (Å²) in [6, 6.07) is 8.75. The summed E-state index contributed by atoms with van der Waals surface area (Å²) in [5.74, 6) is 1.23. The summed E-state index contributed by atoms with van der Waals surface area (Å²) >= 11 is 0. The summed E-state index contributed by atoms with van der Waals surface area (Å²) in [5, 5.41) is 2.96. The van der Waals surface area contributed by atoms with Crippen LogP contribution in [0.5, 0.6) is 0 Å². The molecule has 3 atom stereocenters. The first kappa shape index (κ1) is 17.0. The van der Waals surface area contributed by atoms with E-state index in [4.69, 9.17) is 5.73 Å². The van der Waals surface area contributed by atoms with Crippen molar-refractivity contribution in [2.24, 2.45) is 11.7 Å². The monoisotopic (exact) mass is 296 g/mol. The maximum atomic E-state index is 12.0. The third-order valence-corrected chi connectivity index (χ3v) is 3.90. The van der Waals surface area contributed by atoms with Crippen LogP contribution < -0.4 is 11.1 Å². The number of amides is 1. The van der Waals surface area contributed by atoms with Gasteiger partial charge in [-0.25, -0.2) is 0 Å². The fourth-order valence-electron chi connectivity index (χ4n) is 2.39. The Balaban J connectivity index is 0.00000200. The fourth-order valence-corrected chi connectivity index (χ4v) is 2.39. The maximum Gasteiger partial charge on any atom is 0.224 e. The number of halogens is 1. The van der Waals surface area contributed by atoms with Gasteiger partial charge in [0.25, 0.3) is 0 Å². The van der Waals surface area contributed by atoms with Crippen LogP contribution in [0.4, 0.5) is 0 Å². The number of hydrogen-bond acceptors (Lipinski definition) is 2. The lowest BCUT2D eigenvalue weighted by atomic mass is 10.00. The Bertz CT molecular complexity index is 444. The van der Waals surface area contributed by atoms with Crippen LogP contribution in [0.15, 0.2) is 24.3 Å². The van der Waals surface area contributed by atoms with Crippen LogP contribution in [0.1, 0.15) is 50.2 Å². The molecule has 0 aliphatic heterocycles. The molecular weight excluding hydrogens is 272 g/mol. The lowest BCUT2D eigenvalue weighted by molar-refractivity contribution is -0.122. The van der Waals surface area contributed by atoms with Crippen molar-refractivity contribution in [3.05, 3.63) is 35.4 Å². The third-order valence-electron chi connectivity index (χ3n) is 3.90. The SMILES string of the molecule is CC(C)c1ccc(C2CC2C(=O)N[C@@H](C)CN)cc1.Cl. The van der Waals surface area contributed by atoms with Gasteiger partial charge in [-0.15, -0.1) is 12.4 Å². The van der Waals surface area contributed by atoms with Gasteiger partial charge in [-0.2, -0.15) is 0 Å². The van der Waals surface area contributed by atoms with Crippen molar-refractivity contribution < 1.29 is 4.79 Å². The van der Waals surface area contributed by atoms with E-state index in [0.717, 1.165) is 6.42 Å². The Kier molecular flexibility index (Phi) is 6.03. The second-order valence-electron chi connectivity index (χ2n) is 5.92. The van der Waals surface area contributed by atoms with E-state index in [9.17, 15) is 4.79 Å². The van der Waals surface area contributed by atoms with Crippen molar-refractivity contribution in [2.45, 2.75) is 45.1 Å². The zero-order chi connectivity index (χ0) is 14.0.